The molecule has 0 spiro atoms. The molecule has 18 heavy (non-hydrogen) atoms. The summed E-state index contributed by atoms with van der Waals surface area (Å²) in [5.74, 6) is 0.227. The second-order valence-electron chi connectivity index (χ2n) is 5.34. The Labute approximate surface area is 108 Å². The zero-order valence-corrected chi connectivity index (χ0v) is 10.9. The van der Waals surface area contributed by atoms with E-state index in [1.54, 1.807) is 0 Å². The summed E-state index contributed by atoms with van der Waals surface area (Å²) in [5.41, 5.74) is 0. The van der Waals surface area contributed by atoms with Crippen molar-refractivity contribution in [2.24, 2.45) is 5.92 Å². The van der Waals surface area contributed by atoms with Crippen molar-refractivity contribution in [3.8, 4) is 0 Å². The lowest BCUT2D eigenvalue weighted by atomic mass is 9.84. The quantitative estimate of drug-likeness (QED) is 0.744. The Balaban J connectivity index is 1.88. The van der Waals surface area contributed by atoms with E-state index < -0.39 is 0 Å². The van der Waals surface area contributed by atoms with E-state index in [0.29, 0.717) is 19.3 Å². The van der Waals surface area contributed by atoms with Gasteiger partial charge in [-0.05, 0) is 25.8 Å². The van der Waals surface area contributed by atoms with E-state index in [0.717, 1.165) is 32.0 Å². The highest BCUT2D eigenvalue weighted by Crippen LogP contribution is 2.26. The predicted molar refractivity (Wildman–Crippen MR) is 66.9 cm³/mol. The van der Waals surface area contributed by atoms with Gasteiger partial charge >= 0.3 is 0 Å². The fourth-order valence-electron chi connectivity index (χ4n) is 2.82. The van der Waals surface area contributed by atoms with Crippen LogP contribution < -0.4 is 5.32 Å². The van der Waals surface area contributed by atoms with Crippen molar-refractivity contribution in [3.63, 3.8) is 0 Å². The van der Waals surface area contributed by atoms with Crippen molar-refractivity contribution < 1.29 is 14.3 Å². The molecule has 0 aromatic carbocycles. The summed E-state index contributed by atoms with van der Waals surface area (Å²) in [5, 5.41) is 2.88. The largest absolute Gasteiger partial charge is 0.364 e. The molecule has 2 aliphatic rings. The smallest absolute Gasteiger partial charge is 0.240 e. The monoisotopic (exact) mass is 254 g/mol. The van der Waals surface area contributed by atoms with E-state index in [1.165, 1.54) is 6.42 Å². The summed E-state index contributed by atoms with van der Waals surface area (Å²) >= 11 is 0. The predicted octanol–water partition coefficient (Wildman–Crippen LogP) is 0.538. The van der Waals surface area contributed by atoms with Crippen molar-refractivity contribution in [1.29, 1.82) is 0 Å². The Hall–Kier alpha value is -0.940. The van der Waals surface area contributed by atoms with Crippen LogP contribution in [0, 0.1) is 5.92 Å². The number of hydrogen-bond donors (Lipinski definition) is 1. The summed E-state index contributed by atoms with van der Waals surface area (Å²) in [6.07, 6.45) is 6.55. The minimum atomic E-state index is -0.327. The summed E-state index contributed by atoms with van der Waals surface area (Å²) in [7, 11) is 1.85. The molecule has 1 N–H and O–H groups in total. The van der Waals surface area contributed by atoms with Gasteiger partial charge in [-0.15, -0.1) is 0 Å². The minimum absolute atomic E-state index is 0.0855. The van der Waals surface area contributed by atoms with E-state index in [9.17, 15) is 9.59 Å². The highest BCUT2D eigenvalue weighted by Gasteiger charge is 2.32. The number of hydrogen-bond acceptors (Lipinski definition) is 4. The topological polar surface area (TPSA) is 58.6 Å². The summed E-state index contributed by atoms with van der Waals surface area (Å²) < 4.78 is 5.23. The third kappa shape index (κ3) is 3.09. The molecule has 1 saturated carbocycles. The molecule has 0 aromatic heterocycles. The van der Waals surface area contributed by atoms with Crippen molar-refractivity contribution in [1.82, 2.24) is 10.2 Å². The molecule has 1 heterocycles. The number of aldehydes is 1. The molecule has 102 valence electrons. The van der Waals surface area contributed by atoms with E-state index in [1.807, 2.05) is 11.9 Å². The zero-order chi connectivity index (χ0) is 13.0. The molecular formula is C13H22N2O3. The molecule has 1 saturated heterocycles. The number of nitrogens with zero attached hydrogens (tertiary/aromatic N) is 1. The normalized spacial score (nSPS) is 27.9. The maximum Gasteiger partial charge on any atom is 0.240 e. The van der Waals surface area contributed by atoms with Crippen LogP contribution in [0.25, 0.3) is 0 Å². The van der Waals surface area contributed by atoms with Crippen LogP contribution >= 0.6 is 0 Å². The van der Waals surface area contributed by atoms with Gasteiger partial charge < -0.3 is 14.8 Å². The lowest BCUT2D eigenvalue weighted by molar-refractivity contribution is -0.128. The Morgan fingerprint density at radius 1 is 1.39 bits per heavy atom. The van der Waals surface area contributed by atoms with E-state index >= 15 is 0 Å². The first-order valence-electron chi connectivity index (χ1n) is 6.76. The average Bonchev–Trinajstić information content (AvgIpc) is 2.83. The van der Waals surface area contributed by atoms with Crippen molar-refractivity contribution in [2.75, 3.05) is 20.4 Å². The van der Waals surface area contributed by atoms with Crippen LogP contribution in [0.4, 0.5) is 0 Å². The van der Waals surface area contributed by atoms with Crippen molar-refractivity contribution in [2.45, 2.75) is 44.2 Å². The first kappa shape index (κ1) is 13.5. The summed E-state index contributed by atoms with van der Waals surface area (Å²) in [4.78, 5) is 25.1. The van der Waals surface area contributed by atoms with Crippen LogP contribution in [-0.2, 0) is 14.3 Å². The first-order valence-corrected chi connectivity index (χ1v) is 6.76. The number of carbonyl (C=O) groups is 2. The highest BCUT2D eigenvalue weighted by molar-refractivity contribution is 5.84. The van der Waals surface area contributed by atoms with Gasteiger partial charge in [-0.3, -0.25) is 9.69 Å². The van der Waals surface area contributed by atoms with E-state index in [-0.39, 0.29) is 18.0 Å². The molecule has 2 atom stereocenters. The number of rotatable bonds is 4. The molecule has 5 nitrogen and oxygen atoms in total. The van der Waals surface area contributed by atoms with Gasteiger partial charge in [0.2, 0.25) is 5.91 Å². The van der Waals surface area contributed by atoms with Crippen LogP contribution in [0.15, 0.2) is 0 Å². The maximum atomic E-state index is 12.1. The van der Waals surface area contributed by atoms with Crippen LogP contribution in [0.3, 0.4) is 0 Å². The number of carbonyl (C=O) groups excluding carboxylic acids is 2. The lowest BCUT2D eigenvalue weighted by Crippen LogP contribution is -2.50. The Morgan fingerprint density at radius 3 is 2.67 bits per heavy atom. The minimum Gasteiger partial charge on any atom is -0.364 e. The fraction of sp³-hybridized carbons (Fsp3) is 0.846. The molecule has 5 heteroatoms. The van der Waals surface area contributed by atoms with Gasteiger partial charge in [0.1, 0.15) is 12.3 Å². The van der Waals surface area contributed by atoms with Gasteiger partial charge in [-0.1, -0.05) is 19.3 Å². The van der Waals surface area contributed by atoms with Crippen LogP contribution in [0.5, 0.6) is 0 Å². The number of ether oxygens (including phenoxy) is 1. The second-order valence-corrected chi connectivity index (χ2v) is 5.34. The first-order chi connectivity index (χ1) is 8.72. The molecule has 1 unspecified atom stereocenters. The molecule has 0 bridgehead atoms. The van der Waals surface area contributed by atoms with Crippen LogP contribution in [-0.4, -0.2) is 49.6 Å². The van der Waals surface area contributed by atoms with Gasteiger partial charge in [0, 0.05) is 0 Å². The van der Waals surface area contributed by atoms with Gasteiger partial charge in [-0.25, -0.2) is 0 Å². The van der Waals surface area contributed by atoms with Crippen LogP contribution in [0.2, 0.25) is 0 Å². The van der Waals surface area contributed by atoms with Crippen LogP contribution in [0.1, 0.15) is 32.1 Å². The molecule has 2 fully saturated rings. The Kier molecular flexibility index (Phi) is 4.72. The third-order valence-corrected chi connectivity index (χ3v) is 4.02. The average molecular weight is 254 g/mol. The zero-order valence-electron chi connectivity index (χ0n) is 10.9. The maximum absolute atomic E-state index is 12.1. The number of nitrogens with one attached hydrogen (secondary N) is 1. The summed E-state index contributed by atoms with van der Waals surface area (Å²) in [6.45, 7) is 0.895. The molecule has 1 aliphatic carbocycles. The SMILES string of the molecule is CN1COCC1C(=O)N[C@H](C=O)C1CCCCC1. The van der Waals surface area contributed by atoms with Gasteiger partial charge in [-0.2, -0.15) is 0 Å². The molecule has 2 rings (SSSR count). The third-order valence-electron chi connectivity index (χ3n) is 4.02. The van der Waals surface area contributed by atoms with Gasteiger partial charge in [0.05, 0.1) is 19.4 Å². The second kappa shape index (κ2) is 6.29. The van der Waals surface area contributed by atoms with Crippen molar-refractivity contribution >= 4 is 12.2 Å². The van der Waals surface area contributed by atoms with E-state index in [4.69, 9.17) is 4.74 Å². The Bertz CT molecular complexity index is 303. The number of likely N-dealkylation sites (N-methyl/N-ethyl adjacent to an activating group) is 1. The number of amides is 1. The molecule has 0 aromatic rings. The van der Waals surface area contributed by atoms with E-state index in [2.05, 4.69) is 5.32 Å². The lowest BCUT2D eigenvalue weighted by Gasteiger charge is -2.28. The van der Waals surface area contributed by atoms with Crippen molar-refractivity contribution in [3.05, 3.63) is 0 Å². The molecular weight excluding hydrogens is 232 g/mol. The molecule has 1 aliphatic heterocycles. The highest BCUT2D eigenvalue weighted by atomic mass is 16.5. The Morgan fingerprint density at radius 2 is 2.11 bits per heavy atom. The molecule has 0 radical (unpaired) electrons. The summed E-state index contributed by atoms with van der Waals surface area (Å²) in [6, 6.07) is -0.581. The van der Waals surface area contributed by atoms with Gasteiger partial charge in [0.25, 0.3) is 0 Å². The fourth-order valence-corrected chi connectivity index (χ4v) is 2.82. The molecule has 1 amide bonds. The van der Waals surface area contributed by atoms with Gasteiger partial charge in [0.15, 0.2) is 0 Å². The standard InChI is InChI=1S/C13H22N2O3/c1-15-9-18-8-12(15)13(17)14-11(7-16)10-5-3-2-4-6-10/h7,10-12H,2-6,8-9H2,1H3,(H,14,17)/t11-,12?/m1/s1.